The van der Waals surface area contributed by atoms with Crippen molar-refractivity contribution in [1.29, 1.82) is 5.26 Å². The van der Waals surface area contributed by atoms with E-state index < -0.39 is 23.4 Å². The van der Waals surface area contributed by atoms with Crippen LogP contribution in [0.5, 0.6) is 0 Å². The molecular formula is C15H15BrN4O3. The SMILES string of the molecule is CC1(c2cccc(Br)c2)NC(=O)N(CC(=O)NCCC#N)C1=O. The molecule has 1 aromatic rings. The number of nitriles is 1. The number of carbonyl (C=O) groups excluding carboxylic acids is 3. The molecule has 1 heterocycles. The number of halogens is 1. The van der Waals surface area contributed by atoms with Crippen LogP contribution in [0.25, 0.3) is 0 Å². The van der Waals surface area contributed by atoms with Crippen molar-refractivity contribution in [2.24, 2.45) is 0 Å². The molecule has 0 bridgehead atoms. The average molecular weight is 379 g/mol. The van der Waals surface area contributed by atoms with E-state index in [0.29, 0.717) is 5.56 Å². The Hall–Kier alpha value is -2.40. The Morgan fingerprint density at radius 3 is 2.87 bits per heavy atom. The van der Waals surface area contributed by atoms with Crippen LogP contribution in [-0.2, 0) is 15.1 Å². The lowest BCUT2D eigenvalue weighted by Crippen LogP contribution is -2.43. The Kier molecular flexibility index (Phi) is 5.01. The fourth-order valence-corrected chi connectivity index (χ4v) is 2.69. The Labute approximate surface area is 141 Å². The van der Waals surface area contributed by atoms with Crippen LogP contribution in [0, 0.1) is 11.3 Å². The van der Waals surface area contributed by atoms with Gasteiger partial charge in [-0.25, -0.2) is 4.79 Å². The highest BCUT2D eigenvalue weighted by atomic mass is 79.9. The van der Waals surface area contributed by atoms with Gasteiger partial charge in [-0.2, -0.15) is 5.26 Å². The number of urea groups is 1. The van der Waals surface area contributed by atoms with Gasteiger partial charge < -0.3 is 10.6 Å². The molecule has 0 aliphatic carbocycles. The van der Waals surface area contributed by atoms with Crippen LogP contribution in [0.4, 0.5) is 4.79 Å². The van der Waals surface area contributed by atoms with E-state index in [1.54, 1.807) is 25.1 Å². The molecule has 120 valence electrons. The fraction of sp³-hybridized carbons (Fsp3) is 0.333. The van der Waals surface area contributed by atoms with Crippen LogP contribution in [0.15, 0.2) is 28.7 Å². The summed E-state index contributed by atoms with van der Waals surface area (Å²) in [7, 11) is 0. The van der Waals surface area contributed by atoms with Crippen molar-refractivity contribution >= 4 is 33.8 Å². The van der Waals surface area contributed by atoms with Crippen LogP contribution < -0.4 is 10.6 Å². The van der Waals surface area contributed by atoms with Gasteiger partial charge in [-0.15, -0.1) is 0 Å². The fourth-order valence-electron chi connectivity index (χ4n) is 2.29. The van der Waals surface area contributed by atoms with Crippen molar-refractivity contribution in [3.8, 4) is 6.07 Å². The van der Waals surface area contributed by atoms with Crippen LogP contribution >= 0.6 is 15.9 Å². The summed E-state index contributed by atoms with van der Waals surface area (Å²) in [6.07, 6.45) is 0.168. The number of rotatable bonds is 5. The van der Waals surface area contributed by atoms with Crippen molar-refractivity contribution in [3.63, 3.8) is 0 Å². The molecule has 8 heteroatoms. The summed E-state index contributed by atoms with van der Waals surface area (Å²) in [5.74, 6) is -0.974. The maximum absolute atomic E-state index is 12.6. The first-order chi connectivity index (χ1) is 10.9. The van der Waals surface area contributed by atoms with E-state index in [1.165, 1.54) is 0 Å². The third-order valence-electron chi connectivity index (χ3n) is 3.54. The number of nitrogens with zero attached hydrogens (tertiary/aromatic N) is 2. The lowest BCUT2D eigenvalue weighted by atomic mass is 9.92. The number of imide groups is 1. The zero-order valence-corrected chi connectivity index (χ0v) is 14.0. The lowest BCUT2D eigenvalue weighted by Gasteiger charge is -2.22. The highest BCUT2D eigenvalue weighted by Crippen LogP contribution is 2.30. The Balaban J connectivity index is 2.13. The Morgan fingerprint density at radius 1 is 1.48 bits per heavy atom. The summed E-state index contributed by atoms with van der Waals surface area (Å²) < 4.78 is 0.783. The van der Waals surface area contributed by atoms with Gasteiger partial charge in [-0.1, -0.05) is 28.1 Å². The van der Waals surface area contributed by atoms with E-state index in [-0.39, 0.29) is 19.5 Å². The monoisotopic (exact) mass is 378 g/mol. The van der Waals surface area contributed by atoms with E-state index >= 15 is 0 Å². The minimum Gasteiger partial charge on any atom is -0.354 e. The number of hydrogen-bond donors (Lipinski definition) is 2. The maximum atomic E-state index is 12.6. The minimum absolute atomic E-state index is 0.168. The molecule has 2 N–H and O–H groups in total. The maximum Gasteiger partial charge on any atom is 0.325 e. The van der Waals surface area contributed by atoms with Crippen LogP contribution in [0.1, 0.15) is 18.9 Å². The number of benzene rings is 1. The molecule has 1 aromatic carbocycles. The highest BCUT2D eigenvalue weighted by Gasteiger charge is 2.49. The Morgan fingerprint density at radius 2 is 2.22 bits per heavy atom. The summed E-state index contributed by atoms with van der Waals surface area (Å²) in [6, 6.07) is 8.34. The second kappa shape index (κ2) is 6.79. The highest BCUT2D eigenvalue weighted by molar-refractivity contribution is 9.10. The zero-order chi connectivity index (χ0) is 17.0. The largest absolute Gasteiger partial charge is 0.354 e. The van der Waals surface area contributed by atoms with Crippen LogP contribution in [-0.4, -0.2) is 35.8 Å². The number of hydrogen-bond acceptors (Lipinski definition) is 4. The smallest absolute Gasteiger partial charge is 0.325 e. The van der Waals surface area contributed by atoms with E-state index in [0.717, 1.165) is 9.37 Å². The first-order valence-corrected chi connectivity index (χ1v) is 7.71. The van der Waals surface area contributed by atoms with E-state index in [1.807, 2.05) is 12.1 Å². The first kappa shape index (κ1) is 17.0. The molecule has 0 saturated carbocycles. The quantitative estimate of drug-likeness (QED) is 0.594. The van der Waals surface area contributed by atoms with Crippen molar-refractivity contribution in [2.45, 2.75) is 18.9 Å². The molecule has 1 aliphatic rings. The lowest BCUT2D eigenvalue weighted by molar-refractivity contribution is -0.134. The number of carbonyl (C=O) groups is 3. The molecule has 0 radical (unpaired) electrons. The predicted octanol–water partition coefficient (Wildman–Crippen LogP) is 1.25. The summed E-state index contributed by atoms with van der Waals surface area (Å²) in [6.45, 7) is 1.41. The van der Waals surface area contributed by atoms with Crippen LogP contribution in [0.2, 0.25) is 0 Å². The molecule has 2 rings (SSSR count). The van der Waals surface area contributed by atoms with Crippen molar-refractivity contribution < 1.29 is 14.4 Å². The third-order valence-corrected chi connectivity index (χ3v) is 4.03. The molecule has 1 atom stereocenters. The van der Waals surface area contributed by atoms with Gasteiger partial charge in [0.15, 0.2) is 0 Å². The average Bonchev–Trinajstić information content (AvgIpc) is 2.72. The molecule has 0 spiro atoms. The topological polar surface area (TPSA) is 102 Å². The molecule has 1 unspecified atom stereocenters. The molecule has 0 aromatic heterocycles. The molecular weight excluding hydrogens is 364 g/mol. The minimum atomic E-state index is -1.21. The zero-order valence-electron chi connectivity index (χ0n) is 12.4. The van der Waals surface area contributed by atoms with Gasteiger partial charge in [-0.05, 0) is 24.6 Å². The summed E-state index contributed by atoms with van der Waals surface area (Å²) in [4.78, 5) is 37.3. The van der Waals surface area contributed by atoms with Crippen molar-refractivity contribution in [2.75, 3.05) is 13.1 Å². The van der Waals surface area contributed by atoms with Gasteiger partial charge in [0, 0.05) is 11.0 Å². The number of amides is 4. The van der Waals surface area contributed by atoms with Gasteiger partial charge in [0.1, 0.15) is 12.1 Å². The van der Waals surface area contributed by atoms with Gasteiger partial charge >= 0.3 is 6.03 Å². The van der Waals surface area contributed by atoms with E-state index in [2.05, 4.69) is 26.6 Å². The molecule has 1 aliphatic heterocycles. The second-order valence-electron chi connectivity index (χ2n) is 5.21. The third kappa shape index (κ3) is 3.51. The van der Waals surface area contributed by atoms with Gasteiger partial charge in [0.25, 0.3) is 5.91 Å². The molecule has 4 amide bonds. The summed E-state index contributed by atoms with van der Waals surface area (Å²) >= 11 is 3.33. The van der Waals surface area contributed by atoms with Crippen molar-refractivity contribution in [1.82, 2.24) is 15.5 Å². The van der Waals surface area contributed by atoms with Gasteiger partial charge in [-0.3, -0.25) is 14.5 Å². The molecule has 1 fully saturated rings. The standard InChI is InChI=1S/C15H15BrN4O3/c1-15(10-4-2-5-11(16)8-10)13(22)20(14(23)19-15)9-12(21)18-7-3-6-17/h2,4-5,8H,3,7,9H2,1H3,(H,18,21)(H,19,23). The summed E-state index contributed by atoms with van der Waals surface area (Å²) in [5.41, 5.74) is -0.592. The first-order valence-electron chi connectivity index (χ1n) is 6.92. The molecule has 1 saturated heterocycles. The second-order valence-corrected chi connectivity index (χ2v) is 6.13. The van der Waals surface area contributed by atoms with Crippen molar-refractivity contribution in [3.05, 3.63) is 34.3 Å². The van der Waals surface area contributed by atoms with E-state index in [9.17, 15) is 14.4 Å². The van der Waals surface area contributed by atoms with E-state index in [4.69, 9.17) is 5.26 Å². The molecule has 23 heavy (non-hydrogen) atoms. The summed E-state index contributed by atoms with van der Waals surface area (Å²) in [5, 5.41) is 13.5. The van der Waals surface area contributed by atoms with Crippen LogP contribution in [0.3, 0.4) is 0 Å². The number of nitrogens with one attached hydrogen (secondary N) is 2. The van der Waals surface area contributed by atoms with Gasteiger partial charge in [0.2, 0.25) is 5.91 Å². The predicted molar refractivity (Wildman–Crippen MR) is 85.0 cm³/mol. The Bertz CT molecular complexity index is 700. The normalized spacial score (nSPS) is 20.1. The van der Waals surface area contributed by atoms with Gasteiger partial charge in [0.05, 0.1) is 12.5 Å². The molecule has 7 nitrogen and oxygen atoms in total.